The van der Waals surface area contributed by atoms with Gasteiger partial charge in [0, 0.05) is 12.2 Å². The number of benzene rings is 1. The van der Waals surface area contributed by atoms with Crippen molar-refractivity contribution in [1.82, 2.24) is 5.32 Å². The van der Waals surface area contributed by atoms with Crippen LogP contribution in [0.15, 0.2) is 24.3 Å². The van der Waals surface area contributed by atoms with Crippen molar-refractivity contribution in [3.05, 3.63) is 29.8 Å². The van der Waals surface area contributed by atoms with E-state index in [9.17, 15) is 4.79 Å². The number of hydrogen-bond acceptors (Lipinski definition) is 3. The van der Waals surface area contributed by atoms with E-state index in [1.807, 2.05) is 31.2 Å². The van der Waals surface area contributed by atoms with Crippen molar-refractivity contribution in [3.63, 3.8) is 0 Å². The number of carbonyl (C=O) groups is 1. The van der Waals surface area contributed by atoms with Crippen LogP contribution in [-0.4, -0.2) is 12.2 Å². The Labute approximate surface area is 102 Å². The molecule has 1 amide bonds. The molecular weight excluding hydrogens is 216 g/mol. The molecule has 1 atom stereocenters. The largest absolute Gasteiger partial charge is 0.447 e. The van der Waals surface area contributed by atoms with E-state index in [0.717, 1.165) is 18.4 Å². The smallest absolute Gasteiger partial charge is 0.407 e. The molecule has 1 aromatic carbocycles. The second kappa shape index (κ2) is 6.78. The fraction of sp³-hybridized carbons (Fsp3) is 0.462. The maximum Gasteiger partial charge on any atom is 0.407 e. The molecule has 0 bridgehead atoms. The summed E-state index contributed by atoms with van der Waals surface area (Å²) in [7, 11) is 0. The zero-order valence-electron chi connectivity index (χ0n) is 10.4. The molecule has 1 unspecified atom stereocenters. The Morgan fingerprint density at radius 2 is 2.06 bits per heavy atom. The molecule has 0 spiro atoms. The SMILES string of the molecule is CCCC(C)OC(=O)NCc1ccc(N)cc1. The van der Waals surface area contributed by atoms with E-state index in [1.54, 1.807) is 0 Å². The molecule has 0 aliphatic rings. The fourth-order valence-electron chi connectivity index (χ4n) is 1.50. The molecule has 17 heavy (non-hydrogen) atoms. The highest BCUT2D eigenvalue weighted by Crippen LogP contribution is 2.05. The van der Waals surface area contributed by atoms with E-state index in [0.29, 0.717) is 12.2 Å². The van der Waals surface area contributed by atoms with Crippen LogP contribution in [0.25, 0.3) is 0 Å². The lowest BCUT2D eigenvalue weighted by atomic mass is 10.2. The number of nitrogen functional groups attached to an aromatic ring is 1. The van der Waals surface area contributed by atoms with Gasteiger partial charge in [-0.3, -0.25) is 0 Å². The number of rotatable bonds is 5. The Kier molecular flexibility index (Phi) is 5.33. The monoisotopic (exact) mass is 236 g/mol. The van der Waals surface area contributed by atoms with Crippen LogP contribution >= 0.6 is 0 Å². The summed E-state index contributed by atoms with van der Waals surface area (Å²) >= 11 is 0. The molecular formula is C13H20N2O2. The molecule has 1 aromatic rings. The van der Waals surface area contributed by atoms with E-state index in [4.69, 9.17) is 10.5 Å². The van der Waals surface area contributed by atoms with Gasteiger partial charge in [-0.25, -0.2) is 4.79 Å². The summed E-state index contributed by atoms with van der Waals surface area (Å²) in [5.74, 6) is 0. The van der Waals surface area contributed by atoms with Crippen LogP contribution in [0.3, 0.4) is 0 Å². The Morgan fingerprint density at radius 3 is 2.65 bits per heavy atom. The minimum absolute atomic E-state index is 0.0357. The van der Waals surface area contributed by atoms with Gasteiger partial charge in [-0.15, -0.1) is 0 Å². The van der Waals surface area contributed by atoms with Crippen molar-refractivity contribution in [2.45, 2.75) is 39.3 Å². The summed E-state index contributed by atoms with van der Waals surface area (Å²) in [4.78, 5) is 11.4. The Morgan fingerprint density at radius 1 is 1.41 bits per heavy atom. The van der Waals surface area contributed by atoms with E-state index >= 15 is 0 Å². The molecule has 0 fully saturated rings. The third-order valence-corrected chi connectivity index (χ3v) is 2.42. The highest BCUT2D eigenvalue weighted by molar-refractivity contribution is 5.67. The van der Waals surface area contributed by atoms with Gasteiger partial charge in [-0.05, 0) is 31.0 Å². The number of hydrogen-bond donors (Lipinski definition) is 2. The van der Waals surface area contributed by atoms with Crippen molar-refractivity contribution >= 4 is 11.8 Å². The van der Waals surface area contributed by atoms with Gasteiger partial charge < -0.3 is 15.8 Å². The lowest BCUT2D eigenvalue weighted by Crippen LogP contribution is -2.27. The van der Waals surface area contributed by atoms with Gasteiger partial charge in [-0.1, -0.05) is 25.5 Å². The number of alkyl carbamates (subject to hydrolysis) is 1. The maximum absolute atomic E-state index is 11.4. The fourth-order valence-corrected chi connectivity index (χ4v) is 1.50. The first-order chi connectivity index (χ1) is 8.11. The Hall–Kier alpha value is -1.71. The summed E-state index contributed by atoms with van der Waals surface area (Å²) in [5, 5.41) is 2.71. The summed E-state index contributed by atoms with van der Waals surface area (Å²) in [6.07, 6.45) is 1.48. The van der Waals surface area contributed by atoms with Crippen LogP contribution in [0.2, 0.25) is 0 Å². The van der Waals surface area contributed by atoms with Crippen LogP contribution < -0.4 is 11.1 Å². The third-order valence-electron chi connectivity index (χ3n) is 2.42. The van der Waals surface area contributed by atoms with Crippen molar-refractivity contribution in [1.29, 1.82) is 0 Å². The van der Waals surface area contributed by atoms with Gasteiger partial charge >= 0.3 is 6.09 Å². The zero-order valence-corrected chi connectivity index (χ0v) is 10.4. The summed E-state index contributed by atoms with van der Waals surface area (Å²) in [5.41, 5.74) is 7.28. The van der Waals surface area contributed by atoms with Gasteiger partial charge in [0.15, 0.2) is 0 Å². The minimum Gasteiger partial charge on any atom is -0.447 e. The van der Waals surface area contributed by atoms with E-state index in [-0.39, 0.29) is 12.2 Å². The lowest BCUT2D eigenvalue weighted by Gasteiger charge is -2.12. The number of ether oxygens (including phenoxy) is 1. The number of nitrogens with one attached hydrogen (secondary N) is 1. The normalized spacial score (nSPS) is 11.9. The topological polar surface area (TPSA) is 64.3 Å². The first-order valence-corrected chi connectivity index (χ1v) is 5.90. The Balaban J connectivity index is 2.30. The highest BCUT2D eigenvalue weighted by Gasteiger charge is 2.07. The predicted molar refractivity (Wildman–Crippen MR) is 68.5 cm³/mol. The van der Waals surface area contributed by atoms with Gasteiger partial charge in [0.2, 0.25) is 0 Å². The Bertz CT molecular complexity index is 349. The van der Waals surface area contributed by atoms with Crippen LogP contribution in [0.1, 0.15) is 32.3 Å². The summed E-state index contributed by atoms with van der Waals surface area (Å²) < 4.78 is 5.16. The molecule has 0 radical (unpaired) electrons. The molecule has 0 heterocycles. The zero-order chi connectivity index (χ0) is 12.7. The minimum atomic E-state index is -0.372. The van der Waals surface area contributed by atoms with Crippen LogP contribution in [0.4, 0.5) is 10.5 Å². The standard InChI is InChI=1S/C13H20N2O2/c1-3-4-10(2)17-13(16)15-9-11-5-7-12(14)8-6-11/h5-8,10H,3-4,9,14H2,1-2H3,(H,15,16). The van der Waals surface area contributed by atoms with Gasteiger partial charge in [-0.2, -0.15) is 0 Å². The molecule has 0 aliphatic carbocycles. The highest BCUT2D eigenvalue weighted by atomic mass is 16.6. The lowest BCUT2D eigenvalue weighted by molar-refractivity contribution is 0.101. The molecule has 0 saturated carbocycles. The second-order valence-electron chi connectivity index (χ2n) is 4.10. The molecule has 4 nitrogen and oxygen atoms in total. The predicted octanol–water partition coefficient (Wildman–Crippen LogP) is 2.68. The molecule has 1 rings (SSSR count). The number of anilines is 1. The number of nitrogens with two attached hydrogens (primary N) is 1. The average Bonchev–Trinajstić information content (AvgIpc) is 2.28. The van der Waals surface area contributed by atoms with Crippen molar-refractivity contribution in [2.75, 3.05) is 5.73 Å². The molecule has 0 aliphatic heterocycles. The first-order valence-electron chi connectivity index (χ1n) is 5.90. The van der Waals surface area contributed by atoms with Crippen LogP contribution in [0.5, 0.6) is 0 Å². The van der Waals surface area contributed by atoms with Crippen LogP contribution in [0, 0.1) is 0 Å². The third kappa shape index (κ3) is 5.24. The van der Waals surface area contributed by atoms with Crippen molar-refractivity contribution in [3.8, 4) is 0 Å². The summed E-state index contributed by atoms with van der Waals surface area (Å²) in [6, 6.07) is 7.38. The molecule has 3 N–H and O–H groups in total. The summed E-state index contributed by atoms with van der Waals surface area (Å²) in [6.45, 7) is 4.41. The van der Waals surface area contributed by atoms with Crippen molar-refractivity contribution < 1.29 is 9.53 Å². The van der Waals surface area contributed by atoms with E-state index < -0.39 is 0 Å². The average molecular weight is 236 g/mol. The first kappa shape index (κ1) is 13.4. The van der Waals surface area contributed by atoms with Crippen LogP contribution in [-0.2, 0) is 11.3 Å². The van der Waals surface area contributed by atoms with E-state index in [1.165, 1.54) is 0 Å². The van der Waals surface area contributed by atoms with E-state index in [2.05, 4.69) is 12.2 Å². The number of amides is 1. The molecule has 0 saturated heterocycles. The maximum atomic E-state index is 11.4. The van der Waals surface area contributed by atoms with Crippen molar-refractivity contribution in [2.24, 2.45) is 0 Å². The second-order valence-corrected chi connectivity index (χ2v) is 4.10. The van der Waals surface area contributed by atoms with Gasteiger partial charge in [0.25, 0.3) is 0 Å². The number of carbonyl (C=O) groups excluding carboxylic acids is 1. The molecule has 4 heteroatoms. The molecule has 0 aromatic heterocycles. The molecule has 94 valence electrons. The quantitative estimate of drug-likeness (QED) is 0.772. The van der Waals surface area contributed by atoms with Gasteiger partial charge in [0.05, 0.1) is 0 Å². The van der Waals surface area contributed by atoms with Gasteiger partial charge in [0.1, 0.15) is 6.10 Å².